The first kappa shape index (κ1) is 16.0. The molecule has 0 radical (unpaired) electrons. The first-order chi connectivity index (χ1) is 9.75. The molecule has 3 rings (SSSR count). The molecule has 1 aromatic heterocycles. The van der Waals surface area contributed by atoms with Crippen LogP contribution >= 0.6 is 32.9 Å². The van der Waals surface area contributed by atoms with Crippen LogP contribution in [0.4, 0.5) is 0 Å². The van der Waals surface area contributed by atoms with Crippen LogP contribution in [0.2, 0.25) is 0 Å². The number of pyridine rings is 1. The Morgan fingerprint density at radius 3 is 2.67 bits per heavy atom. The summed E-state index contributed by atoms with van der Waals surface area (Å²) in [6, 6.07) is 8.91. The molecule has 0 N–H and O–H groups in total. The van der Waals surface area contributed by atoms with Crippen molar-refractivity contribution in [3.8, 4) is 11.5 Å². The zero-order valence-corrected chi connectivity index (χ0v) is 14.3. The largest absolute Gasteiger partial charge is 0.486 e. The first-order valence-electron chi connectivity index (χ1n) is 6.23. The molecule has 1 aliphatic rings. The van der Waals surface area contributed by atoms with E-state index in [9.17, 15) is 4.79 Å². The molecule has 0 amide bonds. The van der Waals surface area contributed by atoms with Crippen molar-refractivity contribution >= 4 is 38.7 Å². The van der Waals surface area contributed by atoms with Gasteiger partial charge in [0.2, 0.25) is 0 Å². The Bertz CT molecular complexity index is 634. The average Bonchev–Trinajstić information content (AvgIpc) is 2.54. The van der Waals surface area contributed by atoms with Gasteiger partial charge in [-0.3, -0.25) is 9.78 Å². The summed E-state index contributed by atoms with van der Waals surface area (Å²) in [5.74, 6) is 1.27. The molecule has 2 aromatic rings. The van der Waals surface area contributed by atoms with E-state index in [-0.39, 0.29) is 22.8 Å². The van der Waals surface area contributed by atoms with Crippen LogP contribution in [-0.2, 0) is 0 Å². The zero-order valence-electron chi connectivity index (χ0n) is 11.0. The minimum Gasteiger partial charge on any atom is -0.486 e. The fraction of sp³-hybridized carbons (Fsp3) is 0.200. The molecule has 4 nitrogen and oxygen atoms in total. The fourth-order valence-electron chi connectivity index (χ4n) is 2.02. The third kappa shape index (κ3) is 3.44. The Hall–Kier alpha value is -1.40. The number of ether oxygens (including phenoxy) is 2. The number of ketones is 1. The summed E-state index contributed by atoms with van der Waals surface area (Å²) in [5, 5.41) is 0. The van der Waals surface area contributed by atoms with E-state index in [0.29, 0.717) is 30.3 Å². The van der Waals surface area contributed by atoms with Crippen molar-refractivity contribution in [1.29, 1.82) is 0 Å². The van der Waals surface area contributed by atoms with Gasteiger partial charge in [-0.05, 0) is 29.8 Å². The molecule has 1 aromatic carbocycles. The molecule has 21 heavy (non-hydrogen) atoms. The number of hydrogen-bond donors (Lipinski definition) is 0. The number of fused-ring (bicyclic) bond motifs is 1. The van der Waals surface area contributed by atoms with Crippen molar-refractivity contribution < 1.29 is 14.3 Å². The minimum atomic E-state index is -0.418. The standard InChI is InChI=1S/C15H12BrNO3.BrH/c16-14(11-2-1-5-17-9-11)15(18)10-3-4-12-13(8-10)20-7-6-19-12;/h1-5,8-9,14H,6-7H2;1H. The summed E-state index contributed by atoms with van der Waals surface area (Å²) < 4.78 is 10.9. The molecular formula is C15H13Br2NO3. The topological polar surface area (TPSA) is 48.4 Å². The number of rotatable bonds is 3. The van der Waals surface area contributed by atoms with Gasteiger partial charge in [-0.1, -0.05) is 22.0 Å². The van der Waals surface area contributed by atoms with Gasteiger partial charge in [0.25, 0.3) is 0 Å². The monoisotopic (exact) mass is 413 g/mol. The fourth-order valence-corrected chi connectivity index (χ4v) is 2.56. The Morgan fingerprint density at radius 1 is 1.19 bits per heavy atom. The highest BCUT2D eigenvalue weighted by molar-refractivity contribution is 9.09. The van der Waals surface area contributed by atoms with Crippen molar-refractivity contribution in [3.05, 3.63) is 53.9 Å². The van der Waals surface area contributed by atoms with E-state index in [4.69, 9.17) is 9.47 Å². The van der Waals surface area contributed by atoms with Gasteiger partial charge in [0, 0.05) is 18.0 Å². The van der Waals surface area contributed by atoms with Crippen molar-refractivity contribution in [1.82, 2.24) is 4.98 Å². The molecule has 6 heteroatoms. The highest BCUT2D eigenvalue weighted by Gasteiger charge is 2.21. The molecule has 1 unspecified atom stereocenters. The lowest BCUT2D eigenvalue weighted by atomic mass is 10.0. The lowest BCUT2D eigenvalue weighted by Gasteiger charge is -2.19. The summed E-state index contributed by atoms with van der Waals surface area (Å²) in [4.78, 5) is 16.1. The van der Waals surface area contributed by atoms with Gasteiger partial charge in [-0.2, -0.15) is 0 Å². The van der Waals surface area contributed by atoms with Crippen molar-refractivity contribution in [2.75, 3.05) is 13.2 Å². The Morgan fingerprint density at radius 2 is 1.95 bits per heavy atom. The second kappa shape index (κ2) is 7.04. The lowest BCUT2D eigenvalue weighted by Crippen LogP contribution is -2.16. The highest BCUT2D eigenvalue weighted by atomic mass is 79.9. The second-order valence-electron chi connectivity index (χ2n) is 4.37. The van der Waals surface area contributed by atoms with E-state index >= 15 is 0 Å². The average molecular weight is 415 g/mol. The lowest BCUT2D eigenvalue weighted by molar-refractivity contribution is 0.0990. The molecule has 0 saturated carbocycles. The van der Waals surface area contributed by atoms with E-state index in [1.807, 2.05) is 6.07 Å². The zero-order chi connectivity index (χ0) is 13.9. The predicted molar refractivity (Wildman–Crippen MR) is 88.0 cm³/mol. The number of carbonyl (C=O) groups is 1. The SMILES string of the molecule is Br.O=C(c1ccc2c(c1)OCCO2)C(Br)c1cccnc1. The molecular weight excluding hydrogens is 402 g/mol. The van der Waals surface area contributed by atoms with Gasteiger partial charge in [0.05, 0.1) is 0 Å². The van der Waals surface area contributed by atoms with Crippen LogP contribution in [0.15, 0.2) is 42.7 Å². The maximum absolute atomic E-state index is 12.5. The molecule has 0 bridgehead atoms. The van der Waals surface area contributed by atoms with Crippen LogP contribution in [-0.4, -0.2) is 24.0 Å². The summed E-state index contributed by atoms with van der Waals surface area (Å²) in [6.07, 6.45) is 3.35. The van der Waals surface area contributed by atoms with Crippen LogP contribution in [0.5, 0.6) is 11.5 Å². The number of Topliss-reactive ketones (excluding diaryl/α,β-unsaturated/α-hetero) is 1. The number of hydrogen-bond acceptors (Lipinski definition) is 4. The van der Waals surface area contributed by atoms with Gasteiger partial charge in [0.15, 0.2) is 17.3 Å². The summed E-state index contributed by atoms with van der Waals surface area (Å²) in [5.41, 5.74) is 1.41. The predicted octanol–water partition coefficient (Wildman–Crippen LogP) is 3.75. The van der Waals surface area contributed by atoms with Crippen molar-refractivity contribution in [2.24, 2.45) is 0 Å². The van der Waals surface area contributed by atoms with E-state index in [1.165, 1.54) is 0 Å². The maximum Gasteiger partial charge on any atom is 0.181 e. The number of nitrogens with zero attached hydrogens (tertiary/aromatic N) is 1. The maximum atomic E-state index is 12.5. The number of halogens is 2. The molecule has 2 heterocycles. The van der Waals surface area contributed by atoms with Gasteiger partial charge >= 0.3 is 0 Å². The normalized spacial score (nSPS) is 14.0. The van der Waals surface area contributed by atoms with Crippen LogP contribution < -0.4 is 9.47 Å². The van der Waals surface area contributed by atoms with Gasteiger partial charge in [-0.15, -0.1) is 17.0 Å². The van der Waals surface area contributed by atoms with Crippen molar-refractivity contribution in [3.63, 3.8) is 0 Å². The Labute approximate surface area is 141 Å². The molecule has 0 fully saturated rings. The van der Waals surface area contributed by atoms with Gasteiger partial charge in [0.1, 0.15) is 18.0 Å². The third-order valence-corrected chi connectivity index (χ3v) is 3.98. The third-order valence-electron chi connectivity index (χ3n) is 3.03. The second-order valence-corrected chi connectivity index (χ2v) is 5.29. The molecule has 0 aliphatic carbocycles. The van der Waals surface area contributed by atoms with Gasteiger partial charge in [-0.25, -0.2) is 0 Å². The highest BCUT2D eigenvalue weighted by Crippen LogP contribution is 2.33. The van der Waals surface area contributed by atoms with Crippen LogP contribution in [0.1, 0.15) is 20.7 Å². The van der Waals surface area contributed by atoms with E-state index in [2.05, 4.69) is 20.9 Å². The van der Waals surface area contributed by atoms with E-state index < -0.39 is 4.83 Å². The van der Waals surface area contributed by atoms with Crippen molar-refractivity contribution in [2.45, 2.75) is 4.83 Å². The molecule has 110 valence electrons. The smallest absolute Gasteiger partial charge is 0.181 e. The number of benzene rings is 1. The minimum absolute atomic E-state index is 0. The van der Waals surface area contributed by atoms with E-state index in [1.54, 1.807) is 36.7 Å². The van der Waals surface area contributed by atoms with Crippen LogP contribution in [0.3, 0.4) is 0 Å². The van der Waals surface area contributed by atoms with Gasteiger partial charge < -0.3 is 9.47 Å². The Balaban J connectivity index is 0.00000161. The number of alkyl halides is 1. The molecule has 1 atom stereocenters. The summed E-state index contributed by atoms with van der Waals surface area (Å²) in [6.45, 7) is 1.04. The first-order valence-corrected chi connectivity index (χ1v) is 7.15. The summed E-state index contributed by atoms with van der Waals surface area (Å²) in [7, 11) is 0. The number of aromatic nitrogens is 1. The quantitative estimate of drug-likeness (QED) is 0.566. The molecule has 0 spiro atoms. The molecule has 0 saturated heterocycles. The Kier molecular flexibility index (Phi) is 5.36. The van der Waals surface area contributed by atoms with Crippen LogP contribution in [0, 0.1) is 0 Å². The van der Waals surface area contributed by atoms with Crippen LogP contribution in [0.25, 0.3) is 0 Å². The van der Waals surface area contributed by atoms with E-state index in [0.717, 1.165) is 5.56 Å². The molecule has 1 aliphatic heterocycles. The summed E-state index contributed by atoms with van der Waals surface area (Å²) >= 11 is 3.42. The number of carbonyl (C=O) groups excluding carboxylic acids is 1.